The summed E-state index contributed by atoms with van der Waals surface area (Å²) in [5.74, 6) is -0.0767. The zero-order chi connectivity index (χ0) is 39.3. The van der Waals surface area contributed by atoms with Crippen molar-refractivity contribution in [1.29, 1.82) is 0 Å². The van der Waals surface area contributed by atoms with E-state index < -0.39 is 12.1 Å². The fourth-order valence-corrected chi connectivity index (χ4v) is 6.85. The molecule has 0 aromatic heterocycles. The van der Waals surface area contributed by atoms with Gasteiger partial charge in [0.05, 0.1) is 18.8 Å². The summed E-state index contributed by atoms with van der Waals surface area (Å²) in [5.41, 5.74) is 0. The molecule has 0 radical (unpaired) electrons. The third kappa shape index (κ3) is 41.3. The summed E-state index contributed by atoms with van der Waals surface area (Å²) in [6.45, 7) is 4.23. The molecular formula is C50H91NO3. The molecule has 3 N–H and O–H groups in total. The Morgan fingerprint density at radius 1 is 0.444 bits per heavy atom. The molecule has 0 rings (SSSR count). The van der Waals surface area contributed by atoms with Gasteiger partial charge in [-0.1, -0.05) is 216 Å². The molecule has 0 saturated carbocycles. The Hall–Kier alpha value is -1.91. The molecule has 0 aliphatic heterocycles. The lowest BCUT2D eigenvalue weighted by Crippen LogP contribution is -2.45. The van der Waals surface area contributed by atoms with Crippen LogP contribution in [0.5, 0.6) is 0 Å². The van der Waals surface area contributed by atoms with E-state index in [1.165, 1.54) is 167 Å². The molecule has 0 aliphatic carbocycles. The van der Waals surface area contributed by atoms with Gasteiger partial charge in [-0.05, 0) is 70.6 Å². The molecule has 0 aromatic rings. The van der Waals surface area contributed by atoms with Crippen LogP contribution < -0.4 is 5.32 Å². The van der Waals surface area contributed by atoms with Gasteiger partial charge in [0, 0.05) is 6.42 Å². The van der Waals surface area contributed by atoms with Crippen molar-refractivity contribution in [3.8, 4) is 0 Å². The lowest BCUT2D eigenvalue weighted by molar-refractivity contribution is -0.123. The van der Waals surface area contributed by atoms with E-state index in [2.05, 4.69) is 67.8 Å². The van der Waals surface area contributed by atoms with Gasteiger partial charge in [-0.15, -0.1) is 0 Å². The molecule has 0 bridgehead atoms. The average Bonchev–Trinajstić information content (AvgIpc) is 3.18. The highest BCUT2D eigenvalue weighted by Gasteiger charge is 2.17. The first-order valence-electron chi connectivity index (χ1n) is 23.5. The zero-order valence-corrected chi connectivity index (χ0v) is 36.0. The molecule has 0 spiro atoms. The second kappa shape index (κ2) is 45.5. The Morgan fingerprint density at radius 2 is 0.778 bits per heavy atom. The van der Waals surface area contributed by atoms with Crippen molar-refractivity contribution in [2.24, 2.45) is 0 Å². The number of amides is 1. The number of hydrogen-bond donors (Lipinski definition) is 3. The summed E-state index contributed by atoms with van der Waals surface area (Å²) in [4.78, 5) is 12.3. The number of rotatable bonds is 42. The van der Waals surface area contributed by atoms with Gasteiger partial charge in [0.25, 0.3) is 0 Å². The zero-order valence-electron chi connectivity index (χ0n) is 36.0. The summed E-state index contributed by atoms with van der Waals surface area (Å²) in [6, 6.07) is -0.637. The number of hydrogen-bond acceptors (Lipinski definition) is 3. The normalized spacial score (nSPS) is 13.5. The third-order valence-corrected chi connectivity index (χ3v) is 10.5. The van der Waals surface area contributed by atoms with E-state index in [1.54, 1.807) is 6.08 Å². The van der Waals surface area contributed by atoms with Gasteiger partial charge in [-0.2, -0.15) is 0 Å². The monoisotopic (exact) mass is 754 g/mol. The van der Waals surface area contributed by atoms with E-state index in [9.17, 15) is 15.0 Å². The molecular weight excluding hydrogens is 663 g/mol. The summed E-state index contributed by atoms with van der Waals surface area (Å²) in [6.07, 6.45) is 63.6. The molecule has 2 unspecified atom stereocenters. The standard InChI is InChI=1S/C50H91NO3/c1-3-5-7-9-11-13-14-15-16-17-18-19-20-21-22-23-24-25-26-27-28-29-30-31-32-33-34-35-36-38-40-42-44-46-50(54)51-48(47-52)49(53)45-43-41-39-37-12-10-8-6-4-2/h12,14-15,17-18,20-21,37,43,45,48-49,52-53H,3-11,13,16,19,22-36,38-42,44,46-47H2,1-2H3,(H,51,54)/b15-14-,18-17-,21-20-,37-12+,45-43+. The Labute approximate surface area is 336 Å². The first kappa shape index (κ1) is 52.1. The van der Waals surface area contributed by atoms with E-state index in [0.717, 1.165) is 44.9 Å². The second-order valence-electron chi connectivity index (χ2n) is 15.8. The number of aliphatic hydroxyl groups is 2. The maximum absolute atomic E-state index is 12.3. The van der Waals surface area contributed by atoms with Crippen LogP contribution in [0.4, 0.5) is 0 Å². The molecule has 54 heavy (non-hydrogen) atoms. The average molecular weight is 754 g/mol. The van der Waals surface area contributed by atoms with Crippen molar-refractivity contribution in [1.82, 2.24) is 5.32 Å². The number of allylic oxidation sites excluding steroid dienone is 9. The molecule has 4 nitrogen and oxygen atoms in total. The van der Waals surface area contributed by atoms with Crippen LogP contribution in [-0.2, 0) is 4.79 Å². The number of aliphatic hydroxyl groups excluding tert-OH is 2. The van der Waals surface area contributed by atoms with Crippen molar-refractivity contribution >= 4 is 5.91 Å². The van der Waals surface area contributed by atoms with Crippen LogP contribution in [0, 0.1) is 0 Å². The van der Waals surface area contributed by atoms with Crippen LogP contribution in [-0.4, -0.2) is 34.9 Å². The predicted molar refractivity (Wildman–Crippen MR) is 239 cm³/mol. The van der Waals surface area contributed by atoms with Gasteiger partial charge in [-0.25, -0.2) is 0 Å². The SMILES string of the molecule is CCCCC/C=C/CC/C=C/C(O)C(CO)NC(=O)CCCCCCCCCCCCCCCCCCCC/C=C\C/C=C\C/C=C\CCCCCCC. The second-order valence-corrected chi connectivity index (χ2v) is 15.8. The predicted octanol–water partition coefficient (Wildman–Crippen LogP) is 14.9. The summed E-state index contributed by atoms with van der Waals surface area (Å²) in [7, 11) is 0. The van der Waals surface area contributed by atoms with E-state index >= 15 is 0 Å². The lowest BCUT2D eigenvalue weighted by atomic mass is 10.0. The first-order chi connectivity index (χ1) is 26.7. The fourth-order valence-electron chi connectivity index (χ4n) is 6.85. The van der Waals surface area contributed by atoms with E-state index in [0.29, 0.717) is 6.42 Å². The Morgan fingerprint density at radius 3 is 1.24 bits per heavy atom. The smallest absolute Gasteiger partial charge is 0.220 e. The topological polar surface area (TPSA) is 69.6 Å². The Bertz CT molecular complexity index is 904. The van der Waals surface area contributed by atoms with Crippen LogP contribution in [0.3, 0.4) is 0 Å². The van der Waals surface area contributed by atoms with Crippen LogP contribution in [0.1, 0.15) is 232 Å². The van der Waals surface area contributed by atoms with Crippen molar-refractivity contribution in [2.45, 2.75) is 244 Å². The molecule has 314 valence electrons. The molecule has 4 heteroatoms. The maximum atomic E-state index is 12.3. The molecule has 0 fully saturated rings. The van der Waals surface area contributed by atoms with Crippen molar-refractivity contribution in [3.63, 3.8) is 0 Å². The number of nitrogens with one attached hydrogen (secondary N) is 1. The van der Waals surface area contributed by atoms with E-state index in [4.69, 9.17) is 0 Å². The van der Waals surface area contributed by atoms with Gasteiger partial charge in [0.15, 0.2) is 0 Å². The Balaban J connectivity index is 3.45. The molecule has 0 saturated heterocycles. The summed E-state index contributed by atoms with van der Waals surface area (Å²) in [5, 5.41) is 22.8. The highest BCUT2D eigenvalue weighted by molar-refractivity contribution is 5.76. The number of unbranched alkanes of at least 4 members (excludes halogenated alkanes) is 27. The Kier molecular flexibility index (Phi) is 43.9. The van der Waals surface area contributed by atoms with E-state index in [-0.39, 0.29) is 12.5 Å². The number of carbonyl (C=O) groups excluding carboxylic acids is 1. The fraction of sp³-hybridized carbons (Fsp3) is 0.780. The minimum absolute atomic E-state index is 0.0767. The van der Waals surface area contributed by atoms with Crippen LogP contribution >= 0.6 is 0 Å². The van der Waals surface area contributed by atoms with Crippen molar-refractivity contribution in [3.05, 3.63) is 60.8 Å². The van der Waals surface area contributed by atoms with Gasteiger partial charge in [-0.3, -0.25) is 4.79 Å². The summed E-state index contributed by atoms with van der Waals surface area (Å²) >= 11 is 0. The van der Waals surface area contributed by atoms with Gasteiger partial charge >= 0.3 is 0 Å². The number of carbonyl (C=O) groups is 1. The maximum Gasteiger partial charge on any atom is 0.220 e. The highest BCUT2D eigenvalue weighted by atomic mass is 16.3. The summed E-state index contributed by atoms with van der Waals surface area (Å²) < 4.78 is 0. The van der Waals surface area contributed by atoms with Crippen molar-refractivity contribution in [2.75, 3.05) is 6.61 Å². The van der Waals surface area contributed by atoms with Crippen molar-refractivity contribution < 1.29 is 15.0 Å². The first-order valence-corrected chi connectivity index (χ1v) is 23.5. The van der Waals surface area contributed by atoms with E-state index in [1.807, 2.05) is 6.08 Å². The molecule has 0 aromatic carbocycles. The van der Waals surface area contributed by atoms with Gasteiger partial charge < -0.3 is 15.5 Å². The third-order valence-electron chi connectivity index (χ3n) is 10.5. The largest absolute Gasteiger partial charge is 0.394 e. The minimum atomic E-state index is -0.860. The quantitative estimate of drug-likeness (QED) is 0.0429. The minimum Gasteiger partial charge on any atom is -0.394 e. The van der Waals surface area contributed by atoms with Crippen LogP contribution in [0.25, 0.3) is 0 Å². The molecule has 2 atom stereocenters. The molecule has 0 heterocycles. The molecule has 0 aliphatic rings. The van der Waals surface area contributed by atoms with Crippen LogP contribution in [0.15, 0.2) is 60.8 Å². The van der Waals surface area contributed by atoms with Crippen LogP contribution in [0.2, 0.25) is 0 Å². The lowest BCUT2D eigenvalue weighted by Gasteiger charge is -2.19. The highest BCUT2D eigenvalue weighted by Crippen LogP contribution is 2.15. The van der Waals surface area contributed by atoms with Gasteiger partial charge in [0.1, 0.15) is 0 Å². The van der Waals surface area contributed by atoms with Gasteiger partial charge in [0.2, 0.25) is 5.91 Å². The molecule has 1 amide bonds.